The number of unbranched alkanes of at least 4 members (excludes halogenated alkanes) is 7. The molecule has 1 rings (SSSR count). The van der Waals surface area contributed by atoms with Crippen molar-refractivity contribution in [3.8, 4) is 0 Å². The van der Waals surface area contributed by atoms with Crippen molar-refractivity contribution in [2.75, 3.05) is 0 Å². The van der Waals surface area contributed by atoms with Crippen LogP contribution in [0.3, 0.4) is 0 Å². The topological polar surface area (TPSA) is 0 Å². The zero-order valence-corrected chi connectivity index (χ0v) is 12.9. The molecule has 0 N–H and O–H groups in total. The third-order valence-corrected chi connectivity index (χ3v) is 3.93. The van der Waals surface area contributed by atoms with Gasteiger partial charge in [0.1, 0.15) is 0 Å². The molecule has 1 aliphatic rings. The molecule has 0 saturated heterocycles. The summed E-state index contributed by atoms with van der Waals surface area (Å²) in [4.78, 5) is 0. The lowest BCUT2D eigenvalue weighted by Gasteiger charge is -2.13. The molecule has 0 aromatic heterocycles. The summed E-state index contributed by atoms with van der Waals surface area (Å²) < 4.78 is 0. The molecule has 0 aliphatic heterocycles. The van der Waals surface area contributed by atoms with E-state index < -0.39 is 0 Å². The third kappa shape index (κ3) is 14.2. The van der Waals surface area contributed by atoms with Crippen LogP contribution in [0.15, 0.2) is 0 Å². The van der Waals surface area contributed by atoms with E-state index in [0.717, 1.165) is 0 Å². The summed E-state index contributed by atoms with van der Waals surface area (Å²) in [5, 5.41) is 0.508. The number of rotatable bonds is 7. The van der Waals surface area contributed by atoms with E-state index in [-0.39, 0.29) is 0 Å². The molecule has 0 unspecified atom stereocenters. The quantitative estimate of drug-likeness (QED) is 0.353. The Morgan fingerprint density at radius 1 is 0.706 bits per heavy atom. The van der Waals surface area contributed by atoms with Crippen LogP contribution in [0, 0.1) is 0 Å². The van der Waals surface area contributed by atoms with Gasteiger partial charge in [-0.25, -0.2) is 0 Å². The van der Waals surface area contributed by atoms with Gasteiger partial charge in [-0.3, -0.25) is 0 Å². The van der Waals surface area contributed by atoms with E-state index >= 15 is 0 Å². The van der Waals surface area contributed by atoms with Gasteiger partial charge in [0.25, 0.3) is 0 Å². The standard InChI is InChI=1S/C10H22.C6H11Cl/c1-3-5-7-9-10-8-6-4-2;7-6-4-2-1-3-5-6/h3-10H2,1-2H3;6H,1-5H2. The summed E-state index contributed by atoms with van der Waals surface area (Å²) in [6.45, 7) is 4.54. The molecule has 1 aliphatic carbocycles. The van der Waals surface area contributed by atoms with E-state index in [1.807, 2.05) is 0 Å². The Hall–Kier alpha value is 0.290. The highest BCUT2D eigenvalue weighted by Gasteiger charge is 2.08. The average molecular weight is 261 g/mol. The molecule has 0 spiro atoms. The van der Waals surface area contributed by atoms with Crippen LogP contribution in [-0.4, -0.2) is 5.38 Å². The van der Waals surface area contributed by atoms with Gasteiger partial charge in [-0.1, -0.05) is 84.5 Å². The number of hydrogen-bond acceptors (Lipinski definition) is 0. The fraction of sp³-hybridized carbons (Fsp3) is 1.00. The van der Waals surface area contributed by atoms with Gasteiger partial charge in [0, 0.05) is 5.38 Å². The van der Waals surface area contributed by atoms with Gasteiger partial charge in [0.05, 0.1) is 0 Å². The SMILES string of the molecule is CCCCCCCCCC.ClC1CCCCC1. The van der Waals surface area contributed by atoms with Gasteiger partial charge < -0.3 is 0 Å². The molecule has 0 aromatic carbocycles. The minimum atomic E-state index is 0.508. The summed E-state index contributed by atoms with van der Waals surface area (Å²) in [7, 11) is 0. The van der Waals surface area contributed by atoms with Crippen molar-refractivity contribution in [1.82, 2.24) is 0 Å². The Morgan fingerprint density at radius 3 is 1.41 bits per heavy atom. The minimum absolute atomic E-state index is 0.508. The maximum atomic E-state index is 5.82. The second kappa shape index (κ2) is 14.4. The fourth-order valence-electron chi connectivity index (χ4n) is 2.26. The molecule has 1 saturated carbocycles. The van der Waals surface area contributed by atoms with Crippen molar-refractivity contribution >= 4 is 11.6 Å². The highest BCUT2D eigenvalue weighted by atomic mass is 35.5. The second-order valence-electron chi connectivity index (χ2n) is 5.36. The van der Waals surface area contributed by atoms with Gasteiger partial charge in [0.2, 0.25) is 0 Å². The summed E-state index contributed by atoms with van der Waals surface area (Å²) in [6.07, 6.45) is 18.1. The van der Waals surface area contributed by atoms with Gasteiger partial charge >= 0.3 is 0 Å². The molecule has 0 nitrogen and oxygen atoms in total. The summed E-state index contributed by atoms with van der Waals surface area (Å²) in [5.41, 5.74) is 0. The van der Waals surface area contributed by atoms with Crippen LogP contribution < -0.4 is 0 Å². The fourth-order valence-corrected chi connectivity index (χ4v) is 2.57. The zero-order chi connectivity index (χ0) is 12.8. The first-order valence-corrected chi connectivity index (χ1v) is 8.39. The number of hydrogen-bond donors (Lipinski definition) is 0. The minimum Gasteiger partial charge on any atom is -0.123 e. The van der Waals surface area contributed by atoms with Crippen molar-refractivity contribution in [2.45, 2.75) is 103 Å². The summed E-state index contributed by atoms with van der Waals surface area (Å²) >= 11 is 5.82. The van der Waals surface area contributed by atoms with E-state index in [2.05, 4.69) is 13.8 Å². The molecular weight excluding hydrogens is 228 g/mol. The Kier molecular flexibility index (Phi) is 14.6. The van der Waals surface area contributed by atoms with Crippen molar-refractivity contribution in [1.29, 1.82) is 0 Å². The lowest BCUT2D eigenvalue weighted by Crippen LogP contribution is -2.03. The van der Waals surface area contributed by atoms with Crippen LogP contribution in [0.5, 0.6) is 0 Å². The molecular formula is C16H33Cl. The van der Waals surface area contributed by atoms with Crippen molar-refractivity contribution in [3.63, 3.8) is 0 Å². The van der Waals surface area contributed by atoms with Crippen molar-refractivity contribution in [2.24, 2.45) is 0 Å². The smallest absolute Gasteiger partial charge is 0.0336 e. The lowest BCUT2D eigenvalue weighted by molar-refractivity contribution is 0.511. The molecule has 1 heteroatoms. The van der Waals surface area contributed by atoms with Gasteiger partial charge in [-0.05, 0) is 12.8 Å². The molecule has 0 atom stereocenters. The van der Waals surface area contributed by atoms with E-state index in [1.165, 1.54) is 83.5 Å². The maximum Gasteiger partial charge on any atom is 0.0336 e. The first-order chi connectivity index (χ1) is 8.31. The molecule has 1 fully saturated rings. The normalized spacial score (nSPS) is 16.4. The third-order valence-electron chi connectivity index (χ3n) is 3.49. The van der Waals surface area contributed by atoms with Gasteiger partial charge in [-0.2, -0.15) is 0 Å². The Morgan fingerprint density at radius 2 is 1.12 bits per heavy atom. The molecule has 0 bridgehead atoms. The summed E-state index contributed by atoms with van der Waals surface area (Å²) in [5.74, 6) is 0. The molecule has 17 heavy (non-hydrogen) atoms. The predicted octanol–water partition coefficient (Wildman–Crippen LogP) is 6.70. The predicted molar refractivity (Wildman–Crippen MR) is 81.0 cm³/mol. The molecule has 0 amide bonds. The van der Waals surface area contributed by atoms with Crippen LogP contribution in [-0.2, 0) is 0 Å². The first kappa shape index (κ1) is 17.3. The van der Waals surface area contributed by atoms with Crippen molar-refractivity contribution < 1.29 is 0 Å². The monoisotopic (exact) mass is 260 g/mol. The number of alkyl halides is 1. The van der Waals surface area contributed by atoms with E-state index in [0.29, 0.717) is 5.38 Å². The van der Waals surface area contributed by atoms with Crippen LogP contribution in [0.1, 0.15) is 97.3 Å². The Balaban J connectivity index is 0.000000318. The molecule has 0 aromatic rings. The first-order valence-electron chi connectivity index (χ1n) is 7.95. The highest BCUT2D eigenvalue weighted by Crippen LogP contribution is 2.21. The Labute approximate surface area is 115 Å². The Bertz CT molecular complexity index is 119. The van der Waals surface area contributed by atoms with Crippen LogP contribution >= 0.6 is 11.6 Å². The van der Waals surface area contributed by atoms with Crippen LogP contribution in [0.4, 0.5) is 0 Å². The molecule has 104 valence electrons. The van der Waals surface area contributed by atoms with Crippen molar-refractivity contribution in [3.05, 3.63) is 0 Å². The molecule has 0 heterocycles. The zero-order valence-electron chi connectivity index (χ0n) is 12.1. The second-order valence-corrected chi connectivity index (χ2v) is 5.97. The number of halogens is 1. The van der Waals surface area contributed by atoms with Gasteiger partial charge in [-0.15, -0.1) is 11.6 Å². The van der Waals surface area contributed by atoms with Crippen LogP contribution in [0.2, 0.25) is 0 Å². The maximum absolute atomic E-state index is 5.82. The highest BCUT2D eigenvalue weighted by molar-refractivity contribution is 6.20. The summed E-state index contributed by atoms with van der Waals surface area (Å²) in [6, 6.07) is 0. The van der Waals surface area contributed by atoms with E-state index in [1.54, 1.807) is 0 Å². The van der Waals surface area contributed by atoms with Crippen LogP contribution in [0.25, 0.3) is 0 Å². The van der Waals surface area contributed by atoms with E-state index in [9.17, 15) is 0 Å². The lowest BCUT2D eigenvalue weighted by atomic mass is 10.0. The van der Waals surface area contributed by atoms with Gasteiger partial charge in [0.15, 0.2) is 0 Å². The largest absolute Gasteiger partial charge is 0.123 e. The average Bonchev–Trinajstić information content (AvgIpc) is 2.35. The molecule has 0 radical (unpaired) electrons. The van der Waals surface area contributed by atoms with E-state index in [4.69, 9.17) is 11.6 Å².